The number of hydrogen-bond donors (Lipinski definition) is 3. The zero-order valence-corrected chi connectivity index (χ0v) is 11.4. The molecule has 0 unspecified atom stereocenters. The van der Waals surface area contributed by atoms with Crippen molar-refractivity contribution in [2.45, 2.75) is 13.3 Å². The number of aromatic amines is 3. The smallest absolute Gasteiger partial charge is 0.270 e. The lowest BCUT2D eigenvalue weighted by Gasteiger charge is -2.05. The summed E-state index contributed by atoms with van der Waals surface area (Å²) in [6.07, 6.45) is 0.674. The SMILES string of the molecule is CCc1c2[nH]c3ccccc3c2cc2c(=O)[nH][nH]c(=O)c12. The standard InChI is InChI=1S/C16H13N3O2/c1-2-8-13-11(15(20)18-19-16(13)21)7-10-9-5-3-4-6-12(9)17-14(8)10/h3-7,17H,2H2,1H3,(H,18,20)(H,19,21). The molecule has 0 saturated heterocycles. The van der Waals surface area contributed by atoms with E-state index in [1.807, 2.05) is 31.2 Å². The third kappa shape index (κ3) is 1.51. The zero-order valence-electron chi connectivity index (χ0n) is 11.4. The molecule has 0 aliphatic carbocycles. The van der Waals surface area contributed by atoms with Crippen LogP contribution in [0.4, 0.5) is 0 Å². The van der Waals surface area contributed by atoms with Gasteiger partial charge in [-0.15, -0.1) is 0 Å². The van der Waals surface area contributed by atoms with Gasteiger partial charge in [-0.1, -0.05) is 25.1 Å². The predicted octanol–water partition coefficient (Wildman–Crippen LogP) is 2.41. The minimum absolute atomic E-state index is 0.262. The van der Waals surface area contributed by atoms with Gasteiger partial charge in [-0.05, 0) is 24.1 Å². The minimum Gasteiger partial charge on any atom is -0.354 e. The van der Waals surface area contributed by atoms with E-state index in [4.69, 9.17) is 0 Å². The second-order valence-electron chi connectivity index (χ2n) is 5.13. The monoisotopic (exact) mass is 279 g/mol. The number of aryl methyl sites for hydroxylation is 1. The van der Waals surface area contributed by atoms with Gasteiger partial charge in [-0.2, -0.15) is 0 Å². The summed E-state index contributed by atoms with van der Waals surface area (Å²) in [4.78, 5) is 27.6. The van der Waals surface area contributed by atoms with Gasteiger partial charge in [0.05, 0.1) is 16.3 Å². The largest absolute Gasteiger partial charge is 0.354 e. The van der Waals surface area contributed by atoms with E-state index in [-0.39, 0.29) is 11.1 Å². The third-order valence-corrected chi connectivity index (χ3v) is 4.02. The molecule has 0 aliphatic heterocycles. The summed E-state index contributed by atoms with van der Waals surface area (Å²) < 4.78 is 0. The molecule has 0 saturated carbocycles. The van der Waals surface area contributed by atoms with E-state index in [0.717, 1.165) is 27.4 Å². The van der Waals surface area contributed by atoms with Crippen LogP contribution in [0.15, 0.2) is 39.9 Å². The van der Waals surface area contributed by atoms with E-state index >= 15 is 0 Å². The fourth-order valence-corrected chi connectivity index (χ4v) is 3.09. The number of hydrogen-bond acceptors (Lipinski definition) is 2. The normalized spacial score (nSPS) is 11.7. The summed E-state index contributed by atoms with van der Waals surface area (Å²) in [6.45, 7) is 1.99. The van der Waals surface area contributed by atoms with Crippen LogP contribution in [0, 0.1) is 0 Å². The van der Waals surface area contributed by atoms with Crippen LogP contribution in [0.3, 0.4) is 0 Å². The number of para-hydroxylation sites is 1. The van der Waals surface area contributed by atoms with Crippen molar-refractivity contribution in [2.24, 2.45) is 0 Å². The number of benzene rings is 2. The molecule has 4 rings (SSSR count). The summed E-state index contributed by atoms with van der Waals surface area (Å²) in [5.74, 6) is 0. The van der Waals surface area contributed by atoms with Gasteiger partial charge in [0.25, 0.3) is 11.1 Å². The van der Waals surface area contributed by atoms with Gasteiger partial charge in [-0.3, -0.25) is 19.8 Å². The van der Waals surface area contributed by atoms with Gasteiger partial charge in [0.1, 0.15) is 0 Å². The average molecular weight is 279 g/mol. The molecule has 2 aromatic heterocycles. The predicted molar refractivity (Wildman–Crippen MR) is 83.9 cm³/mol. The van der Waals surface area contributed by atoms with Crippen molar-refractivity contribution in [1.82, 2.24) is 15.2 Å². The highest BCUT2D eigenvalue weighted by Gasteiger charge is 2.15. The topological polar surface area (TPSA) is 81.5 Å². The Balaban J connectivity index is 2.40. The molecule has 21 heavy (non-hydrogen) atoms. The lowest BCUT2D eigenvalue weighted by molar-refractivity contribution is 0.973. The van der Waals surface area contributed by atoms with Crippen molar-refractivity contribution < 1.29 is 0 Å². The van der Waals surface area contributed by atoms with Crippen LogP contribution in [0.2, 0.25) is 0 Å². The summed E-state index contributed by atoms with van der Waals surface area (Å²) in [5.41, 5.74) is 2.28. The van der Waals surface area contributed by atoms with Crippen molar-refractivity contribution >= 4 is 32.6 Å². The molecule has 3 N–H and O–H groups in total. The van der Waals surface area contributed by atoms with Gasteiger partial charge in [0.15, 0.2) is 0 Å². The van der Waals surface area contributed by atoms with Crippen LogP contribution in [-0.2, 0) is 6.42 Å². The Kier molecular flexibility index (Phi) is 2.33. The van der Waals surface area contributed by atoms with Gasteiger partial charge < -0.3 is 4.98 Å². The Morgan fingerprint density at radius 2 is 1.71 bits per heavy atom. The average Bonchev–Trinajstić information content (AvgIpc) is 2.87. The zero-order chi connectivity index (χ0) is 14.6. The summed E-state index contributed by atoms with van der Waals surface area (Å²) >= 11 is 0. The lowest BCUT2D eigenvalue weighted by Crippen LogP contribution is -2.20. The van der Waals surface area contributed by atoms with E-state index in [2.05, 4.69) is 15.2 Å². The first kappa shape index (κ1) is 12.0. The van der Waals surface area contributed by atoms with E-state index in [1.54, 1.807) is 6.07 Å². The maximum Gasteiger partial charge on any atom is 0.270 e. The number of H-pyrrole nitrogens is 3. The van der Waals surface area contributed by atoms with E-state index in [1.165, 1.54) is 0 Å². The van der Waals surface area contributed by atoms with E-state index in [0.29, 0.717) is 17.2 Å². The van der Waals surface area contributed by atoms with Crippen LogP contribution >= 0.6 is 0 Å². The van der Waals surface area contributed by atoms with Crippen LogP contribution in [0.1, 0.15) is 12.5 Å². The maximum absolute atomic E-state index is 12.1. The quantitative estimate of drug-likeness (QED) is 0.500. The van der Waals surface area contributed by atoms with Gasteiger partial charge in [-0.25, -0.2) is 0 Å². The molecule has 0 fully saturated rings. The molecule has 0 spiro atoms. The van der Waals surface area contributed by atoms with Crippen molar-refractivity contribution in [2.75, 3.05) is 0 Å². The highest BCUT2D eigenvalue weighted by molar-refractivity contribution is 6.13. The fourth-order valence-electron chi connectivity index (χ4n) is 3.09. The van der Waals surface area contributed by atoms with E-state index in [9.17, 15) is 9.59 Å². The Hall–Kier alpha value is -2.82. The molecule has 0 bridgehead atoms. The molecule has 5 nitrogen and oxygen atoms in total. The first-order chi connectivity index (χ1) is 10.2. The van der Waals surface area contributed by atoms with Crippen molar-refractivity contribution in [3.63, 3.8) is 0 Å². The first-order valence-corrected chi connectivity index (χ1v) is 6.87. The number of rotatable bonds is 1. The lowest BCUT2D eigenvalue weighted by atomic mass is 10.0. The molecule has 0 aliphatic rings. The summed E-state index contributed by atoms with van der Waals surface area (Å²) in [6, 6.07) is 9.74. The maximum atomic E-state index is 12.1. The molecule has 104 valence electrons. The molecule has 0 radical (unpaired) electrons. The third-order valence-electron chi connectivity index (χ3n) is 4.02. The fraction of sp³-hybridized carbons (Fsp3) is 0.125. The molecule has 4 aromatic rings. The van der Waals surface area contributed by atoms with E-state index < -0.39 is 0 Å². The minimum atomic E-state index is -0.272. The molecule has 2 aromatic carbocycles. The summed E-state index contributed by atoms with van der Waals surface area (Å²) in [7, 11) is 0. The molecule has 0 amide bonds. The van der Waals surface area contributed by atoms with Gasteiger partial charge >= 0.3 is 0 Å². The Morgan fingerprint density at radius 3 is 2.52 bits per heavy atom. The van der Waals surface area contributed by atoms with Gasteiger partial charge in [0.2, 0.25) is 0 Å². The van der Waals surface area contributed by atoms with Crippen LogP contribution in [0.5, 0.6) is 0 Å². The number of nitrogens with one attached hydrogen (secondary N) is 3. The molecular weight excluding hydrogens is 266 g/mol. The Morgan fingerprint density at radius 1 is 0.952 bits per heavy atom. The van der Waals surface area contributed by atoms with Crippen LogP contribution in [0.25, 0.3) is 32.6 Å². The molecule has 5 heteroatoms. The van der Waals surface area contributed by atoms with Crippen LogP contribution < -0.4 is 11.1 Å². The van der Waals surface area contributed by atoms with Crippen molar-refractivity contribution in [3.05, 3.63) is 56.6 Å². The Labute approximate surface area is 118 Å². The number of fused-ring (bicyclic) bond motifs is 4. The highest BCUT2D eigenvalue weighted by atomic mass is 16.1. The number of aromatic nitrogens is 3. The summed E-state index contributed by atoms with van der Waals surface area (Å²) in [5, 5.41) is 7.75. The first-order valence-electron chi connectivity index (χ1n) is 6.87. The Bertz CT molecular complexity index is 1120. The second-order valence-corrected chi connectivity index (χ2v) is 5.13. The van der Waals surface area contributed by atoms with Crippen molar-refractivity contribution in [3.8, 4) is 0 Å². The van der Waals surface area contributed by atoms with Gasteiger partial charge in [0, 0.05) is 16.3 Å². The molecular formula is C16H13N3O2. The van der Waals surface area contributed by atoms with Crippen LogP contribution in [-0.4, -0.2) is 15.2 Å². The highest BCUT2D eigenvalue weighted by Crippen LogP contribution is 2.31. The molecule has 0 atom stereocenters. The molecule has 2 heterocycles. The second kappa shape index (κ2) is 4.09. The van der Waals surface area contributed by atoms with Crippen molar-refractivity contribution in [1.29, 1.82) is 0 Å².